The van der Waals surface area contributed by atoms with Gasteiger partial charge in [-0.3, -0.25) is 4.79 Å². The molecule has 1 aromatic rings. The van der Waals surface area contributed by atoms with Crippen LogP contribution in [0, 0.1) is 5.82 Å². The number of rotatable bonds is 5. The molecule has 1 rings (SSSR count). The first-order valence-corrected chi connectivity index (χ1v) is 4.85. The minimum Gasteiger partial charge on any atom is -0.496 e. The lowest BCUT2D eigenvalue weighted by atomic mass is 10.0. The van der Waals surface area contributed by atoms with E-state index in [1.165, 1.54) is 26.4 Å². The van der Waals surface area contributed by atoms with Crippen molar-refractivity contribution in [3.8, 4) is 5.75 Å². The molecule has 0 fully saturated rings. The van der Waals surface area contributed by atoms with Crippen molar-refractivity contribution >= 4 is 5.97 Å². The molecule has 1 aromatic carbocycles. The second kappa shape index (κ2) is 5.60. The van der Waals surface area contributed by atoms with E-state index in [1.807, 2.05) is 0 Å². The standard InChI is InChI=1S/C11H14FNO4/c1-16-5-6-3-4-7(17-2)8(9(6)12)10(13)11(14)15/h3-4,10H,5,13H2,1-2H3,(H,14,15). The molecule has 0 amide bonds. The number of ether oxygens (including phenoxy) is 2. The van der Waals surface area contributed by atoms with Crippen LogP contribution >= 0.6 is 0 Å². The molecule has 0 aliphatic rings. The van der Waals surface area contributed by atoms with E-state index in [0.717, 1.165) is 0 Å². The summed E-state index contributed by atoms with van der Waals surface area (Å²) in [6.45, 7) is 0.0369. The highest BCUT2D eigenvalue weighted by molar-refractivity contribution is 5.76. The van der Waals surface area contributed by atoms with Gasteiger partial charge in [0.2, 0.25) is 0 Å². The smallest absolute Gasteiger partial charge is 0.325 e. The van der Waals surface area contributed by atoms with Gasteiger partial charge < -0.3 is 20.3 Å². The lowest BCUT2D eigenvalue weighted by Crippen LogP contribution is -2.23. The van der Waals surface area contributed by atoms with Gasteiger partial charge in [-0.15, -0.1) is 0 Å². The molecule has 0 saturated heterocycles. The number of carboxylic acid groups (broad SMARTS) is 1. The molecule has 0 spiro atoms. The molecule has 0 bridgehead atoms. The molecule has 1 unspecified atom stereocenters. The van der Waals surface area contributed by atoms with Crippen molar-refractivity contribution in [3.63, 3.8) is 0 Å². The van der Waals surface area contributed by atoms with Gasteiger partial charge in [0.1, 0.15) is 17.6 Å². The number of methoxy groups -OCH3 is 2. The Balaban J connectivity index is 3.31. The van der Waals surface area contributed by atoms with Gasteiger partial charge in [-0.05, 0) is 6.07 Å². The van der Waals surface area contributed by atoms with Crippen molar-refractivity contribution in [2.45, 2.75) is 12.6 Å². The molecule has 5 nitrogen and oxygen atoms in total. The lowest BCUT2D eigenvalue weighted by Gasteiger charge is -2.15. The number of nitrogens with two attached hydrogens (primary N) is 1. The number of benzene rings is 1. The number of carboxylic acids is 1. The summed E-state index contributed by atoms with van der Waals surface area (Å²) in [6.07, 6.45) is 0. The molecule has 6 heteroatoms. The van der Waals surface area contributed by atoms with E-state index >= 15 is 0 Å². The van der Waals surface area contributed by atoms with Crippen LogP contribution in [0.5, 0.6) is 5.75 Å². The van der Waals surface area contributed by atoms with Crippen LogP contribution in [0.2, 0.25) is 0 Å². The third-order valence-corrected chi connectivity index (χ3v) is 2.32. The Morgan fingerprint density at radius 3 is 2.65 bits per heavy atom. The maximum absolute atomic E-state index is 14.0. The SMILES string of the molecule is COCc1ccc(OC)c(C(N)C(=O)O)c1F. The average Bonchev–Trinajstić information content (AvgIpc) is 2.30. The number of aliphatic carboxylic acids is 1. The van der Waals surface area contributed by atoms with Crippen LogP contribution < -0.4 is 10.5 Å². The Kier molecular flexibility index (Phi) is 4.42. The monoisotopic (exact) mass is 243 g/mol. The van der Waals surface area contributed by atoms with Crippen LogP contribution in [0.1, 0.15) is 17.2 Å². The van der Waals surface area contributed by atoms with Gasteiger partial charge in [-0.25, -0.2) is 4.39 Å². The van der Waals surface area contributed by atoms with Gasteiger partial charge in [-0.1, -0.05) is 6.07 Å². The Labute approximate surface area is 97.9 Å². The van der Waals surface area contributed by atoms with Crippen molar-refractivity contribution in [2.75, 3.05) is 14.2 Å². The summed E-state index contributed by atoms with van der Waals surface area (Å²) in [5.41, 5.74) is 5.48. The fourth-order valence-electron chi connectivity index (χ4n) is 1.48. The number of hydrogen-bond acceptors (Lipinski definition) is 4. The van der Waals surface area contributed by atoms with Gasteiger partial charge in [0.25, 0.3) is 0 Å². The third kappa shape index (κ3) is 2.72. The van der Waals surface area contributed by atoms with Crippen LogP contribution in [0.4, 0.5) is 4.39 Å². The van der Waals surface area contributed by atoms with Crippen LogP contribution in [0.25, 0.3) is 0 Å². The van der Waals surface area contributed by atoms with Crippen molar-refractivity contribution in [2.24, 2.45) is 5.73 Å². The first-order valence-electron chi connectivity index (χ1n) is 4.85. The van der Waals surface area contributed by atoms with E-state index < -0.39 is 17.8 Å². The second-order valence-corrected chi connectivity index (χ2v) is 3.40. The summed E-state index contributed by atoms with van der Waals surface area (Å²) < 4.78 is 23.7. The van der Waals surface area contributed by atoms with E-state index in [2.05, 4.69) is 0 Å². The average molecular weight is 243 g/mol. The van der Waals surface area contributed by atoms with Crippen LogP contribution in [0.15, 0.2) is 12.1 Å². The van der Waals surface area contributed by atoms with E-state index in [0.29, 0.717) is 0 Å². The zero-order chi connectivity index (χ0) is 13.0. The second-order valence-electron chi connectivity index (χ2n) is 3.40. The molecule has 0 aromatic heterocycles. The van der Waals surface area contributed by atoms with Crippen LogP contribution in [-0.2, 0) is 16.1 Å². The topological polar surface area (TPSA) is 81.8 Å². The summed E-state index contributed by atoms with van der Waals surface area (Å²) in [6, 6.07) is 1.47. The van der Waals surface area contributed by atoms with Gasteiger partial charge in [0.05, 0.1) is 19.3 Å². The van der Waals surface area contributed by atoms with Crippen LogP contribution in [0.3, 0.4) is 0 Å². The fourth-order valence-corrected chi connectivity index (χ4v) is 1.48. The van der Waals surface area contributed by atoms with Crippen molar-refractivity contribution in [3.05, 3.63) is 29.1 Å². The molecule has 0 heterocycles. The summed E-state index contributed by atoms with van der Waals surface area (Å²) >= 11 is 0. The fraction of sp³-hybridized carbons (Fsp3) is 0.364. The van der Waals surface area contributed by atoms with E-state index in [1.54, 1.807) is 0 Å². The Morgan fingerprint density at radius 2 is 2.18 bits per heavy atom. The van der Waals surface area contributed by atoms with Crippen molar-refractivity contribution < 1.29 is 23.8 Å². The highest BCUT2D eigenvalue weighted by Crippen LogP contribution is 2.29. The minimum atomic E-state index is -1.47. The van der Waals surface area contributed by atoms with Gasteiger partial charge >= 0.3 is 5.97 Å². The van der Waals surface area contributed by atoms with Crippen LogP contribution in [-0.4, -0.2) is 25.3 Å². The summed E-state index contributed by atoms with van der Waals surface area (Å²) in [5.74, 6) is -1.92. The van der Waals surface area contributed by atoms with Crippen molar-refractivity contribution in [1.29, 1.82) is 0 Å². The maximum Gasteiger partial charge on any atom is 0.325 e. The van der Waals surface area contributed by atoms with Gasteiger partial charge in [0, 0.05) is 12.7 Å². The summed E-state index contributed by atoms with van der Waals surface area (Å²) in [4.78, 5) is 10.8. The first kappa shape index (κ1) is 13.4. The molecular weight excluding hydrogens is 229 g/mol. The molecule has 0 aliphatic carbocycles. The Bertz CT molecular complexity index is 422. The van der Waals surface area contributed by atoms with E-state index in [-0.39, 0.29) is 23.5 Å². The van der Waals surface area contributed by atoms with Crippen molar-refractivity contribution in [1.82, 2.24) is 0 Å². The molecule has 3 N–H and O–H groups in total. The minimum absolute atomic E-state index is 0.0369. The molecule has 1 atom stereocenters. The summed E-state index contributed by atoms with van der Waals surface area (Å²) in [5, 5.41) is 8.82. The summed E-state index contributed by atoms with van der Waals surface area (Å²) in [7, 11) is 2.74. The van der Waals surface area contributed by atoms with Gasteiger partial charge in [-0.2, -0.15) is 0 Å². The molecule has 17 heavy (non-hydrogen) atoms. The largest absolute Gasteiger partial charge is 0.496 e. The number of halogens is 1. The Hall–Kier alpha value is -1.66. The maximum atomic E-state index is 14.0. The number of hydrogen-bond donors (Lipinski definition) is 2. The normalized spacial score (nSPS) is 12.2. The van der Waals surface area contributed by atoms with E-state index in [4.69, 9.17) is 20.3 Å². The number of carbonyl (C=O) groups is 1. The highest BCUT2D eigenvalue weighted by atomic mass is 19.1. The molecule has 0 saturated carbocycles. The zero-order valence-electron chi connectivity index (χ0n) is 9.57. The zero-order valence-corrected chi connectivity index (χ0v) is 9.57. The molecule has 0 aliphatic heterocycles. The van der Waals surface area contributed by atoms with E-state index in [9.17, 15) is 9.18 Å². The predicted molar refractivity (Wildman–Crippen MR) is 58.2 cm³/mol. The quantitative estimate of drug-likeness (QED) is 0.808. The van der Waals surface area contributed by atoms with Gasteiger partial charge in [0.15, 0.2) is 0 Å². The molecule has 0 radical (unpaired) electrons. The first-order chi connectivity index (χ1) is 8.02. The molecule has 94 valence electrons. The highest BCUT2D eigenvalue weighted by Gasteiger charge is 2.25. The Morgan fingerprint density at radius 1 is 1.53 bits per heavy atom. The molecular formula is C11H14FNO4. The third-order valence-electron chi connectivity index (χ3n) is 2.32. The predicted octanol–water partition coefficient (Wildman–Crippen LogP) is 1.07. The lowest BCUT2D eigenvalue weighted by molar-refractivity contribution is -0.138.